The molecule has 2 rings (SSSR count). The van der Waals surface area contributed by atoms with E-state index in [4.69, 9.17) is 0 Å². The van der Waals surface area contributed by atoms with Crippen molar-refractivity contribution in [2.24, 2.45) is 10.9 Å². The lowest BCUT2D eigenvalue weighted by Gasteiger charge is -2.36. The van der Waals surface area contributed by atoms with Crippen LogP contribution in [0, 0.1) is 5.92 Å². The fourth-order valence-electron chi connectivity index (χ4n) is 2.62. The van der Waals surface area contributed by atoms with Gasteiger partial charge in [-0.05, 0) is 24.8 Å². The Kier molecular flexibility index (Phi) is 9.20. The molecular weight excluding hydrogens is 403 g/mol. The highest BCUT2D eigenvalue weighted by molar-refractivity contribution is 14.0. The van der Waals surface area contributed by atoms with Gasteiger partial charge in [-0.25, -0.2) is 9.97 Å². The van der Waals surface area contributed by atoms with Crippen molar-refractivity contribution in [1.82, 2.24) is 20.2 Å². The summed E-state index contributed by atoms with van der Waals surface area (Å²) in [5.41, 5.74) is 0. The van der Waals surface area contributed by atoms with Gasteiger partial charge in [0.15, 0.2) is 5.96 Å². The van der Waals surface area contributed by atoms with Crippen LogP contribution in [0.2, 0.25) is 0 Å². The minimum atomic E-state index is 0. The van der Waals surface area contributed by atoms with Crippen molar-refractivity contribution in [2.45, 2.75) is 26.7 Å². The van der Waals surface area contributed by atoms with E-state index >= 15 is 0 Å². The molecule has 0 unspecified atom stereocenters. The average Bonchev–Trinajstić information content (AvgIpc) is 2.56. The van der Waals surface area contributed by atoms with Gasteiger partial charge in [-0.1, -0.05) is 13.8 Å². The molecule has 1 aliphatic rings. The van der Waals surface area contributed by atoms with Crippen molar-refractivity contribution in [3.8, 4) is 0 Å². The number of aliphatic imine (C=N–C) groups is 1. The van der Waals surface area contributed by atoms with Gasteiger partial charge in [0.1, 0.15) is 0 Å². The van der Waals surface area contributed by atoms with Crippen molar-refractivity contribution in [3.63, 3.8) is 0 Å². The van der Waals surface area contributed by atoms with Crippen molar-refractivity contribution in [1.29, 1.82) is 0 Å². The van der Waals surface area contributed by atoms with Crippen LogP contribution in [0.5, 0.6) is 0 Å². The molecule has 23 heavy (non-hydrogen) atoms. The van der Waals surface area contributed by atoms with E-state index in [1.165, 1.54) is 12.8 Å². The highest BCUT2D eigenvalue weighted by atomic mass is 127. The van der Waals surface area contributed by atoms with Crippen molar-refractivity contribution in [3.05, 3.63) is 18.5 Å². The number of piperazine rings is 1. The van der Waals surface area contributed by atoms with Crippen LogP contribution in [0.3, 0.4) is 0 Å². The zero-order valence-electron chi connectivity index (χ0n) is 14.4. The van der Waals surface area contributed by atoms with Gasteiger partial charge in [0.05, 0.1) is 0 Å². The lowest BCUT2D eigenvalue weighted by Crippen LogP contribution is -2.53. The molecule has 2 heterocycles. The zero-order chi connectivity index (χ0) is 15.8. The summed E-state index contributed by atoms with van der Waals surface area (Å²) in [4.78, 5) is 17.6. The standard InChI is InChI=1S/C16H28N6.HI/c1-14(2)6-4-7-18-15(17-3)21-10-12-22(13-11-21)16-19-8-5-9-20-16;/h5,8-9,14H,4,6-7,10-13H2,1-3H3,(H,17,18);1H. The van der Waals surface area contributed by atoms with Crippen LogP contribution in [0.15, 0.2) is 23.5 Å². The molecule has 1 aliphatic heterocycles. The third-order valence-corrected chi connectivity index (χ3v) is 3.87. The molecule has 0 bridgehead atoms. The molecule has 1 fully saturated rings. The van der Waals surface area contributed by atoms with Crippen molar-refractivity contribution in [2.75, 3.05) is 44.7 Å². The summed E-state index contributed by atoms with van der Waals surface area (Å²) >= 11 is 0. The summed E-state index contributed by atoms with van der Waals surface area (Å²) in [5.74, 6) is 2.60. The number of hydrogen-bond donors (Lipinski definition) is 1. The normalized spacial score (nSPS) is 15.6. The first kappa shape index (κ1) is 19.9. The van der Waals surface area contributed by atoms with E-state index in [9.17, 15) is 0 Å². The highest BCUT2D eigenvalue weighted by Crippen LogP contribution is 2.10. The van der Waals surface area contributed by atoms with Crippen LogP contribution < -0.4 is 10.2 Å². The Morgan fingerprint density at radius 2 is 1.87 bits per heavy atom. The van der Waals surface area contributed by atoms with Gasteiger partial charge in [0.25, 0.3) is 0 Å². The number of nitrogens with zero attached hydrogens (tertiary/aromatic N) is 5. The molecular formula is C16H29IN6. The molecule has 130 valence electrons. The Labute approximate surface area is 156 Å². The van der Waals surface area contributed by atoms with E-state index in [1.807, 2.05) is 13.1 Å². The van der Waals surface area contributed by atoms with E-state index < -0.39 is 0 Å². The van der Waals surface area contributed by atoms with Crippen molar-refractivity contribution < 1.29 is 0 Å². The summed E-state index contributed by atoms with van der Waals surface area (Å²) in [6.45, 7) is 9.27. The minimum absolute atomic E-state index is 0. The Balaban J connectivity index is 0.00000264. The van der Waals surface area contributed by atoms with E-state index in [2.05, 4.69) is 43.9 Å². The molecule has 0 aliphatic carbocycles. The summed E-state index contributed by atoms with van der Waals surface area (Å²) in [5, 5.41) is 3.48. The van der Waals surface area contributed by atoms with E-state index in [0.717, 1.165) is 50.5 Å². The van der Waals surface area contributed by atoms with Gasteiger partial charge in [-0.2, -0.15) is 0 Å². The first-order valence-corrected chi connectivity index (χ1v) is 8.18. The summed E-state index contributed by atoms with van der Waals surface area (Å²) in [6, 6.07) is 1.85. The van der Waals surface area contributed by atoms with Crippen LogP contribution in [-0.2, 0) is 0 Å². The summed E-state index contributed by atoms with van der Waals surface area (Å²) in [6.07, 6.45) is 6.03. The van der Waals surface area contributed by atoms with Gasteiger partial charge in [-0.3, -0.25) is 4.99 Å². The molecule has 0 amide bonds. The Bertz CT molecular complexity index is 457. The van der Waals surface area contributed by atoms with Crippen LogP contribution in [0.25, 0.3) is 0 Å². The topological polar surface area (TPSA) is 56.7 Å². The van der Waals surface area contributed by atoms with Gasteiger partial charge >= 0.3 is 0 Å². The molecule has 0 atom stereocenters. The van der Waals surface area contributed by atoms with Crippen LogP contribution in [0.4, 0.5) is 5.95 Å². The predicted molar refractivity (Wildman–Crippen MR) is 107 cm³/mol. The molecule has 1 aromatic heterocycles. The number of anilines is 1. The molecule has 1 N–H and O–H groups in total. The minimum Gasteiger partial charge on any atom is -0.356 e. The Hall–Kier alpha value is -1.12. The summed E-state index contributed by atoms with van der Waals surface area (Å²) < 4.78 is 0. The fraction of sp³-hybridized carbons (Fsp3) is 0.688. The number of nitrogens with one attached hydrogen (secondary N) is 1. The quantitative estimate of drug-likeness (QED) is 0.335. The molecule has 1 aromatic rings. The fourth-order valence-corrected chi connectivity index (χ4v) is 2.62. The second-order valence-electron chi connectivity index (χ2n) is 6.03. The van der Waals surface area contributed by atoms with E-state index in [1.54, 1.807) is 12.4 Å². The zero-order valence-corrected chi connectivity index (χ0v) is 16.7. The van der Waals surface area contributed by atoms with Gasteiger partial charge in [-0.15, -0.1) is 24.0 Å². The summed E-state index contributed by atoms with van der Waals surface area (Å²) in [7, 11) is 1.86. The SMILES string of the molecule is CN=C(NCCCC(C)C)N1CCN(c2ncccn2)CC1.I. The number of rotatable bonds is 5. The van der Waals surface area contributed by atoms with E-state index in [0.29, 0.717) is 0 Å². The number of halogens is 1. The molecule has 0 spiro atoms. The predicted octanol–water partition coefficient (Wildman–Crippen LogP) is 2.23. The molecule has 1 saturated heterocycles. The molecule has 7 heteroatoms. The number of aromatic nitrogens is 2. The van der Waals surface area contributed by atoms with Gasteiger partial charge < -0.3 is 15.1 Å². The lowest BCUT2D eigenvalue weighted by molar-refractivity contribution is 0.369. The maximum Gasteiger partial charge on any atom is 0.225 e. The largest absolute Gasteiger partial charge is 0.356 e. The Morgan fingerprint density at radius 1 is 1.22 bits per heavy atom. The van der Waals surface area contributed by atoms with Gasteiger partial charge in [0.2, 0.25) is 5.95 Å². The smallest absolute Gasteiger partial charge is 0.225 e. The average molecular weight is 432 g/mol. The van der Waals surface area contributed by atoms with Crippen molar-refractivity contribution >= 4 is 35.9 Å². The molecule has 0 saturated carbocycles. The molecule has 6 nitrogen and oxygen atoms in total. The third-order valence-electron chi connectivity index (χ3n) is 3.87. The first-order chi connectivity index (χ1) is 10.7. The maximum atomic E-state index is 4.41. The maximum absolute atomic E-state index is 4.41. The molecule has 0 radical (unpaired) electrons. The second-order valence-corrected chi connectivity index (χ2v) is 6.03. The molecule has 0 aromatic carbocycles. The number of guanidine groups is 1. The van der Waals surface area contributed by atoms with E-state index in [-0.39, 0.29) is 24.0 Å². The second kappa shape index (κ2) is 10.6. The first-order valence-electron chi connectivity index (χ1n) is 8.18. The van der Waals surface area contributed by atoms with Crippen LogP contribution in [0.1, 0.15) is 26.7 Å². The lowest BCUT2D eigenvalue weighted by atomic mass is 10.1. The third kappa shape index (κ3) is 6.48. The highest BCUT2D eigenvalue weighted by Gasteiger charge is 2.20. The number of hydrogen-bond acceptors (Lipinski definition) is 4. The Morgan fingerprint density at radius 3 is 2.43 bits per heavy atom. The van der Waals surface area contributed by atoms with Crippen LogP contribution in [-0.4, -0.2) is 60.6 Å². The van der Waals surface area contributed by atoms with Crippen LogP contribution >= 0.6 is 24.0 Å². The van der Waals surface area contributed by atoms with Gasteiger partial charge in [0, 0.05) is 52.2 Å². The monoisotopic (exact) mass is 432 g/mol.